The number of para-hydroxylation sites is 2. The molecule has 1 atom stereocenters. The van der Waals surface area contributed by atoms with Gasteiger partial charge in [0.1, 0.15) is 11.6 Å². The Labute approximate surface area is 140 Å². The monoisotopic (exact) mass is 324 g/mol. The average molecular weight is 324 g/mol. The largest absolute Gasteiger partial charge is 0.295 e. The fraction of sp³-hybridized carbons (Fsp3) is 0.100. The first-order chi connectivity index (χ1) is 11.7. The molecule has 0 aliphatic carbocycles. The van der Waals surface area contributed by atoms with Gasteiger partial charge in [-0.3, -0.25) is 10.4 Å². The predicted molar refractivity (Wildman–Crippen MR) is 93.8 cm³/mol. The van der Waals surface area contributed by atoms with Crippen LogP contribution in [0.2, 0.25) is 0 Å². The number of hydrogen-bond donors (Lipinski definition) is 1. The molecule has 0 radical (unpaired) electrons. The van der Waals surface area contributed by atoms with Crippen molar-refractivity contribution in [2.45, 2.75) is 13.0 Å². The topological polar surface area (TPSA) is 15.3 Å². The van der Waals surface area contributed by atoms with Crippen LogP contribution < -0.4 is 10.4 Å². The second kappa shape index (κ2) is 7.13. The summed E-state index contributed by atoms with van der Waals surface area (Å²) in [5.41, 5.74) is 4.66. The van der Waals surface area contributed by atoms with E-state index in [-0.39, 0.29) is 17.7 Å². The molecule has 3 rings (SSSR count). The molecule has 0 aliphatic heterocycles. The van der Waals surface area contributed by atoms with Gasteiger partial charge in [0.05, 0.1) is 17.4 Å². The summed E-state index contributed by atoms with van der Waals surface area (Å²) in [4.78, 5) is 0. The minimum absolute atomic E-state index is 0.206. The summed E-state index contributed by atoms with van der Waals surface area (Å²) in [6, 6.07) is 22.3. The van der Waals surface area contributed by atoms with Crippen LogP contribution in [0, 0.1) is 11.6 Å². The molecule has 1 unspecified atom stereocenters. The summed E-state index contributed by atoms with van der Waals surface area (Å²) in [6.45, 7) is 1.94. The van der Waals surface area contributed by atoms with Gasteiger partial charge in [0.15, 0.2) is 0 Å². The summed E-state index contributed by atoms with van der Waals surface area (Å²) in [5, 5.41) is 1.64. The van der Waals surface area contributed by atoms with Gasteiger partial charge in [-0.05, 0) is 36.8 Å². The van der Waals surface area contributed by atoms with Crippen molar-refractivity contribution in [2.75, 3.05) is 10.4 Å². The summed E-state index contributed by atoms with van der Waals surface area (Å²) in [6.07, 6.45) is 0. The number of halogens is 2. The molecule has 0 heterocycles. The summed E-state index contributed by atoms with van der Waals surface area (Å²) < 4.78 is 28.4. The molecule has 24 heavy (non-hydrogen) atoms. The highest BCUT2D eigenvalue weighted by Gasteiger charge is 2.20. The Bertz CT molecular complexity index is 805. The maximum atomic E-state index is 14.3. The first kappa shape index (κ1) is 16.0. The highest BCUT2D eigenvalue weighted by atomic mass is 19.1. The Balaban J connectivity index is 2.01. The van der Waals surface area contributed by atoms with Crippen LogP contribution >= 0.6 is 0 Å². The molecule has 0 aliphatic rings. The van der Waals surface area contributed by atoms with Gasteiger partial charge in [0.2, 0.25) is 0 Å². The van der Waals surface area contributed by atoms with Crippen molar-refractivity contribution in [3.63, 3.8) is 0 Å². The quantitative estimate of drug-likeness (QED) is 0.618. The molecule has 0 spiro atoms. The maximum Gasteiger partial charge on any atom is 0.148 e. The van der Waals surface area contributed by atoms with Gasteiger partial charge in [-0.2, -0.15) is 0 Å². The van der Waals surface area contributed by atoms with E-state index < -0.39 is 0 Å². The van der Waals surface area contributed by atoms with E-state index in [1.54, 1.807) is 41.4 Å². The molecule has 0 saturated carbocycles. The second-order valence-electron chi connectivity index (χ2n) is 5.50. The smallest absolute Gasteiger partial charge is 0.148 e. The predicted octanol–water partition coefficient (Wildman–Crippen LogP) is 5.56. The van der Waals surface area contributed by atoms with Gasteiger partial charge >= 0.3 is 0 Å². The average Bonchev–Trinajstić information content (AvgIpc) is 2.62. The first-order valence-corrected chi connectivity index (χ1v) is 7.76. The maximum absolute atomic E-state index is 14.3. The van der Waals surface area contributed by atoms with Crippen LogP contribution in [0.3, 0.4) is 0 Å². The van der Waals surface area contributed by atoms with Crippen molar-refractivity contribution in [2.24, 2.45) is 0 Å². The number of rotatable bonds is 5. The van der Waals surface area contributed by atoms with E-state index in [1.165, 1.54) is 12.1 Å². The number of hydrogen-bond acceptors (Lipinski definition) is 2. The zero-order valence-electron chi connectivity index (χ0n) is 13.3. The minimum atomic E-state index is -0.390. The van der Waals surface area contributed by atoms with E-state index in [9.17, 15) is 8.78 Å². The lowest BCUT2D eigenvalue weighted by atomic mass is 10.1. The Morgan fingerprint density at radius 3 is 2.00 bits per heavy atom. The van der Waals surface area contributed by atoms with Crippen molar-refractivity contribution < 1.29 is 8.78 Å². The van der Waals surface area contributed by atoms with Crippen LogP contribution in [0.15, 0.2) is 78.9 Å². The van der Waals surface area contributed by atoms with Gasteiger partial charge in [0.25, 0.3) is 0 Å². The van der Waals surface area contributed by atoms with Gasteiger partial charge in [-0.15, -0.1) is 0 Å². The van der Waals surface area contributed by atoms with E-state index in [0.29, 0.717) is 11.4 Å². The van der Waals surface area contributed by atoms with Crippen LogP contribution in [0.25, 0.3) is 0 Å². The zero-order valence-corrected chi connectivity index (χ0v) is 13.3. The van der Waals surface area contributed by atoms with Crippen molar-refractivity contribution in [3.05, 3.63) is 96.1 Å². The zero-order chi connectivity index (χ0) is 16.9. The van der Waals surface area contributed by atoms with Crippen LogP contribution in [-0.2, 0) is 0 Å². The molecule has 0 amide bonds. The molecular weight excluding hydrogens is 306 g/mol. The molecule has 0 aromatic heterocycles. The fourth-order valence-corrected chi connectivity index (χ4v) is 2.58. The van der Waals surface area contributed by atoms with Gasteiger partial charge in [-0.1, -0.05) is 54.6 Å². The Morgan fingerprint density at radius 1 is 0.750 bits per heavy atom. The molecule has 0 saturated heterocycles. The molecule has 2 nitrogen and oxygen atoms in total. The number of nitrogens with one attached hydrogen (secondary N) is 1. The lowest BCUT2D eigenvalue weighted by molar-refractivity contribution is 0.604. The molecule has 3 aromatic carbocycles. The molecule has 0 bridgehead atoms. The molecule has 3 aromatic rings. The molecule has 1 N–H and O–H groups in total. The fourth-order valence-electron chi connectivity index (χ4n) is 2.58. The molecule has 4 heteroatoms. The van der Waals surface area contributed by atoms with E-state index in [0.717, 1.165) is 5.56 Å². The lowest BCUT2D eigenvalue weighted by Crippen LogP contribution is -2.33. The van der Waals surface area contributed by atoms with E-state index in [2.05, 4.69) is 5.43 Å². The number of benzene rings is 3. The van der Waals surface area contributed by atoms with Crippen LogP contribution in [-0.4, -0.2) is 0 Å². The summed E-state index contributed by atoms with van der Waals surface area (Å²) in [7, 11) is 0. The number of nitrogens with zero attached hydrogens (tertiary/aromatic N) is 1. The van der Waals surface area contributed by atoms with Crippen molar-refractivity contribution in [1.82, 2.24) is 0 Å². The van der Waals surface area contributed by atoms with Crippen LogP contribution in [0.4, 0.5) is 20.2 Å². The van der Waals surface area contributed by atoms with Crippen molar-refractivity contribution in [3.8, 4) is 0 Å². The third-order valence-corrected chi connectivity index (χ3v) is 3.90. The summed E-state index contributed by atoms with van der Waals surface area (Å²) in [5.74, 6) is -0.761. The molecule has 0 fully saturated rings. The lowest BCUT2D eigenvalue weighted by Gasteiger charge is -2.33. The van der Waals surface area contributed by atoms with E-state index in [4.69, 9.17) is 0 Å². The Kier molecular flexibility index (Phi) is 4.75. The van der Waals surface area contributed by atoms with E-state index >= 15 is 0 Å². The third-order valence-electron chi connectivity index (χ3n) is 3.90. The standard InChI is InChI=1S/C20H18F2N2/c1-15(16-9-3-2-4-10-16)24(20-14-8-6-12-18(20)22)23-19-13-7-5-11-17(19)21/h2-15,23H,1H3. The van der Waals surface area contributed by atoms with Gasteiger partial charge in [-0.25, -0.2) is 8.78 Å². The normalized spacial score (nSPS) is 11.8. The molecule has 122 valence electrons. The second-order valence-corrected chi connectivity index (χ2v) is 5.50. The van der Waals surface area contributed by atoms with E-state index in [1.807, 2.05) is 37.3 Å². The third kappa shape index (κ3) is 3.38. The number of hydrazine groups is 1. The highest BCUT2D eigenvalue weighted by molar-refractivity contribution is 5.58. The number of anilines is 2. The summed E-state index contributed by atoms with van der Waals surface area (Å²) >= 11 is 0. The van der Waals surface area contributed by atoms with Gasteiger partial charge in [0, 0.05) is 0 Å². The highest BCUT2D eigenvalue weighted by Crippen LogP contribution is 2.30. The van der Waals surface area contributed by atoms with Crippen molar-refractivity contribution in [1.29, 1.82) is 0 Å². The Morgan fingerprint density at radius 2 is 1.33 bits per heavy atom. The van der Waals surface area contributed by atoms with Gasteiger partial charge < -0.3 is 0 Å². The first-order valence-electron chi connectivity index (χ1n) is 7.76. The Hall–Kier alpha value is -2.88. The van der Waals surface area contributed by atoms with Crippen LogP contribution in [0.5, 0.6) is 0 Å². The minimum Gasteiger partial charge on any atom is -0.295 e. The van der Waals surface area contributed by atoms with Crippen LogP contribution in [0.1, 0.15) is 18.5 Å². The molecular formula is C20H18F2N2. The van der Waals surface area contributed by atoms with Crippen molar-refractivity contribution >= 4 is 11.4 Å². The SMILES string of the molecule is CC(c1ccccc1)N(Nc1ccccc1F)c1ccccc1F.